The van der Waals surface area contributed by atoms with Gasteiger partial charge in [-0.05, 0) is 37.3 Å². The summed E-state index contributed by atoms with van der Waals surface area (Å²) < 4.78 is 31.3. The highest BCUT2D eigenvalue weighted by Gasteiger charge is 2.24. The van der Waals surface area contributed by atoms with Crippen molar-refractivity contribution in [3.63, 3.8) is 0 Å². The molecule has 1 saturated carbocycles. The van der Waals surface area contributed by atoms with Crippen LogP contribution in [-0.2, 0) is 24.3 Å². The summed E-state index contributed by atoms with van der Waals surface area (Å²) in [6.07, 6.45) is 5.66. The van der Waals surface area contributed by atoms with Crippen LogP contribution < -0.4 is 10.0 Å². The second-order valence-electron chi connectivity index (χ2n) is 7.14. The average Bonchev–Trinajstić information content (AvgIpc) is 2.67. The molecule has 2 N–H and O–H groups in total. The second-order valence-corrected chi connectivity index (χ2v) is 8.74. The van der Waals surface area contributed by atoms with Gasteiger partial charge in [0.25, 0.3) is 5.91 Å². The summed E-state index contributed by atoms with van der Waals surface area (Å²) >= 11 is 0. The lowest BCUT2D eigenvalue weighted by molar-refractivity contribution is -0.150. The van der Waals surface area contributed by atoms with E-state index in [1.807, 2.05) is 6.07 Å². The molecule has 1 amide bonds. The first-order valence-electron chi connectivity index (χ1n) is 9.48. The Kier molecular flexibility index (Phi) is 8.19. The molecule has 0 saturated heterocycles. The predicted octanol–water partition coefficient (Wildman–Crippen LogP) is 2.20. The van der Waals surface area contributed by atoms with Crippen molar-refractivity contribution in [3.8, 4) is 0 Å². The van der Waals surface area contributed by atoms with Gasteiger partial charge in [-0.2, -0.15) is 4.72 Å². The molecular formula is C20H28N2O5S. The highest BCUT2D eigenvalue weighted by atomic mass is 32.2. The highest BCUT2D eigenvalue weighted by molar-refractivity contribution is 7.92. The Hall–Kier alpha value is -2.19. The smallest absolute Gasteiger partial charge is 0.324 e. The van der Waals surface area contributed by atoms with E-state index in [4.69, 9.17) is 4.74 Å². The molecule has 1 fully saturated rings. The molecule has 0 unspecified atom stereocenters. The molecule has 0 aliphatic heterocycles. The summed E-state index contributed by atoms with van der Waals surface area (Å²) in [5.41, 5.74) is 0.719. The van der Waals surface area contributed by atoms with Crippen LogP contribution >= 0.6 is 0 Å². The zero-order chi connectivity index (χ0) is 20.6. The normalized spacial score (nSPS) is 21.2. The molecule has 2 rings (SSSR count). The third-order valence-electron chi connectivity index (χ3n) is 4.74. The van der Waals surface area contributed by atoms with Crippen LogP contribution in [0.2, 0.25) is 0 Å². The number of carbonyl (C=O) groups is 2. The molecule has 154 valence electrons. The van der Waals surface area contributed by atoms with Gasteiger partial charge < -0.3 is 10.1 Å². The van der Waals surface area contributed by atoms with Crippen molar-refractivity contribution < 1.29 is 22.7 Å². The van der Waals surface area contributed by atoms with E-state index in [1.54, 1.807) is 24.3 Å². The van der Waals surface area contributed by atoms with Crippen LogP contribution in [0.4, 0.5) is 0 Å². The third-order valence-corrected chi connectivity index (χ3v) is 5.91. The van der Waals surface area contributed by atoms with Crippen molar-refractivity contribution >= 4 is 28.0 Å². The summed E-state index contributed by atoms with van der Waals surface area (Å²) in [5, 5.41) is 3.87. The highest BCUT2D eigenvalue weighted by Crippen LogP contribution is 2.23. The molecular weight excluding hydrogens is 380 g/mol. The molecule has 1 aromatic carbocycles. The standard InChI is InChI=1S/C20H28N2O5S/c1-15-8-6-7-11-18(15)21-19(23)14-27-20(24)16(2)22-28(25,26)13-12-17-9-4-3-5-10-17/h3-5,9-10,12-13,15-16,18,22H,6-8,11,14H2,1-2H3,(H,21,23)/b13-12+/t15-,16+,18+/m1/s1. The van der Waals surface area contributed by atoms with Crippen LogP contribution in [0.15, 0.2) is 35.7 Å². The SMILES string of the molecule is C[C@H](NS(=O)(=O)/C=C/c1ccccc1)C(=O)OCC(=O)N[C@H]1CCCC[C@H]1C. The van der Waals surface area contributed by atoms with Crippen molar-refractivity contribution in [2.24, 2.45) is 5.92 Å². The number of esters is 1. The predicted molar refractivity (Wildman–Crippen MR) is 108 cm³/mol. The molecule has 1 aliphatic carbocycles. The molecule has 0 heterocycles. The largest absolute Gasteiger partial charge is 0.454 e. The van der Waals surface area contributed by atoms with Crippen LogP contribution in [-0.4, -0.2) is 39.0 Å². The Morgan fingerprint density at radius 3 is 2.57 bits per heavy atom. The van der Waals surface area contributed by atoms with E-state index < -0.39 is 28.6 Å². The molecule has 7 nitrogen and oxygen atoms in total. The van der Waals surface area contributed by atoms with Gasteiger partial charge >= 0.3 is 5.97 Å². The maximum atomic E-state index is 12.1. The maximum Gasteiger partial charge on any atom is 0.324 e. The zero-order valence-electron chi connectivity index (χ0n) is 16.3. The van der Waals surface area contributed by atoms with E-state index in [1.165, 1.54) is 19.4 Å². The van der Waals surface area contributed by atoms with Crippen LogP contribution in [0.1, 0.15) is 45.1 Å². The summed E-state index contributed by atoms with van der Waals surface area (Å²) in [4.78, 5) is 24.0. The lowest BCUT2D eigenvalue weighted by Crippen LogP contribution is -2.44. The number of hydrogen-bond donors (Lipinski definition) is 2. The lowest BCUT2D eigenvalue weighted by Gasteiger charge is -2.29. The minimum absolute atomic E-state index is 0.0963. The molecule has 1 aliphatic rings. The number of amides is 1. The van der Waals surface area contributed by atoms with Crippen molar-refractivity contribution in [1.29, 1.82) is 0 Å². The number of nitrogens with one attached hydrogen (secondary N) is 2. The third kappa shape index (κ3) is 7.44. The first-order chi connectivity index (χ1) is 13.3. The van der Waals surface area contributed by atoms with Crippen molar-refractivity contribution in [1.82, 2.24) is 10.0 Å². The second kappa shape index (κ2) is 10.4. The Morgan fingerprint density at radius 1 is 1.21 bits per heavy atom. The van der Waals surface area contributed by atoms with E-state index in [-0.39, 0.29) is 11.9 Å². The topological polar surface area (TPSA) is 102 Å². The van der Waals surface area contributed by atoms with Gasteiger partial charge in [0, 0.05) is 11.4 Å². The van der Waals surface area contributed by atoms with Gasteiger partial charge in [-0.15, -0.1) is 0 Å². The first kappa shape index (κ1) is 22.1. The van der Waals surface area contributed by atoms with Gasteiger partial charge in [0.15, 0.2) is 6.61 Å². The molecule has 0 spiro atoms. The number of sulfonamides is 1. The minimum atomic E-state index is -3.82. The summed E-state index contributed by atoms with van der Waals surface area (Å²) in [7, 11) is -3.82. The van der Waals surface area contributed by atoms with E-state index in [0.717, 1.165) is 30.2 Å². The summed E-state index contributed by atoms with van der Waals surface area (Å²) in [5.74, 6) is -0.773. The lowest BCUT2D eigenvalue weighted by atomic mass is 9.86. The quantitative estimate of drug-likeness (QED) is 0.642. The summed E-state index contributed by atoms with van der Waals surface area (Å²) in [6.45, 7) is 3.04. The molecule has 8 heteroatoms. The van der Waals surface area contributed by atoms with Gasteiger partial charge in [-0.25, -0.2) is 8.42 Å². The van der Waals surface area contributed by atoms with Crippen LogP contribution in [0.25, 0.3) is 6.08 Å². The Labute approximate surface area is 166 Å². The van der Waals surface area contributed by atoms with Gasteiger partial charge in [0.1, 0.15) is 6.04 Å². The number of ether oxygens (including phenoxy) is 1. The molecule has 1 aromatic rings. The van der Waals surface area contributed by atoms with E-state index >= 15 is 0 Å². The van der Waals surface area contributed by atoms with Crippen molar-refractivity contribution in [3.05, 3.63) is 41.3 Å². The molecule has 0 aromatic heterocycles. The number of hydrogen-bond acceptors (Lipinski definition) is 5. The molecule has 0 radical (unpaired) electrons. The Bertz CT molecular complexity index is 792. The van der Waals surface area contributed by atoms with Gasteiger partial charge in [-0.3, -0.25) is 9.59 Å². The van der Waals surface area contributed by atoms with E-state index in [9.17, 15) is 18.0 Å². The van der Waals surface area contributed by atoms with E-state index in [0.29, 0.717) is 5.92 Å². The zero-order valence-corrected chi connectivity index (χ0v) is 17.1. The number of benzene rings is 1. The molecule has 3 atom stereocenters. The minimum Gasteiger partial charge on any atom is -0.454 e. The summed E-state index contributed by atoms with van der Waals surface area (Å²) in [6, 6.07) is 7.92. The fraction of sp³-hybridized carbons (Fsp3) is 0.500. The Morgan fingerprint density at radius 2 is 1.89 bits per heavy atom. The molecule has 28 heavy (non-hydrogen) atoms. The van der Waals surface area contributed by atoms with E-state index in [2.05, 4.69) is 17.0 Å². The first-order valence-corrected chi connectivity index (χ1v) is 11.0. The average molecular weight is 409 g/mol. The van der Waals surface area contributed by atoms with Crippen LogP contribution in [0.3, 0.4) is 0 Å². The monoisotopic (exact) mass is 408 g/mol. The van der Waals surface area contributed by atoms with Gasteiger partial charge in [0.2, 0.25) is 10.0 Å². The number of carbonyl (C=O) groups excluding carboxylic acids is 2. The fourth-order valence-electron chi connectivity index (χ4n) is 3.11. The maximum absolute atomic E-state index is 12.1. The van der Waals surface area contributed by atoms with Crippen molar-refractivity contribution in [2.45, 2.75) is 51.6 Å². The van der Waals surface area contributed by atoms with Gasteiger partial charge in [-0.1, -0.05) is 50.1 Å². The van der Waals surface area contributed by atoms with Crippen LogP contribution in [0, 0.1) is 5.92 Å². The van der Waals surface area contributed by atoms with Gasteiger partial charge in [0.05, 0.1) is 0 Å². The van der Waals surface area contributed by atoms with Crippen LogP contribution in [0.5, 0.6) is 0 Å². The molecule has 0 bridgehead atoms. The Balaban J connectivity index is 1.78. The van der Waals surface area contributed by atoms with Crippen molar-refractivity contribution in [2.75, 3.05) is 6.61 Å². The number of rotatable bonds is 8. The fourth-order valence-corrected chi connectivity index (χ4v) is 4.11.